The van der Waals surface area contributed by atoms with E-state index < -0.39 is 0 Å². The number of hydrogen-bond acceptors (Lipinski definition) is 4. The first-order valence-electron chi connectivity index (χ1n) is 5.66. The molecule has 1 N–H and O–H groups in total. The predicted octanol–water partition coefficient (Wildman–Crippen LogP) is 4.03. The zero-order chi connectivity index (χ0) is 12.6. The number of halogens is 1. The second-order valence-electron chi connectivity index (χ2n) is 4.58. The van der Waals surface area contributed by atoms with Gasteiger partial charge in [-0.05, 0) is 25.3 Å². The molecule has 0 radical (unpaired) electrons. The zero-order valence-corrected chi connectivity index (χ0v) is 12.0. The van der Waals surface area contributed by atoms with Crippen molar-refractivity contribution in [3.05, 3.63) is 15.6 Å². The minimum atomic E-state index is 0.545. The molecular formula is C12H16ClN3S. The fourth-order valence-corrected chi connectivity index (χ4v) is 2.97. The molecule has 0 aromatic carbocycles. The van der Waals surface area contributed by atoms with E-state index in [4.69, 9.17) is 11.6 Å². The van der Waals surface area contributed by atoms with Gasteiger partial charge in [-0.2, -0.15) is 0 Å². The molecule has 0 saturated carbocycles. The van der Waals surface area contributed by atoms with Crippen molar-refractivity contribution in [2.45, 2.75) is 27.7 Å². The number of thiophene rings is 1. The Hall–Kier alpha value is -0.870. The molecule has 92 valence electrons. The summed E-state index contributed by atoms with van der Waals surface area (Å²) >= 11 is 7.88. The molecule has 0 aliphatic carbocycles. The molecule has 17 heavy (non-hydrogen) atoms. The van der Waals surface area contributed by atoms with Crippen molar-refractivity contribution >= 4 is 39.1 Å². The highest BCUT2D eigenvalue weighted by Crippen LogP contribution is 2.33. The third kappa shape index (κ3) is 2.53. The molecule has 3 nitrogen and oxygen atoms in total. The zero-order valence-electron chi connectivity index (χ0n) is 10.5. The van der Waals surface area contributed by atoms with E-state index >= 15 is 0 Å². The van der Waals surface area contributed by atoms with Gasteiger partial charge in [0.05, 0.1) is 5.39 Å². The van der Waals surface area contributed by atoms with Gasteiger partial charge in [0, 0.05) is 11.4 Å². The number of anilines is 1. The van der Waals surface area contributed by atoms with E-state index in [1.165, 1.54) is 10.4 Å². The van der Waals surface area contributed by atoms with E-state index in [0.717, 1.165) is 16.8 Å². The van der Waals surface area contributed by atoms with Gasteiger partial charge in [-0.15, -0.1) is 11.3 Å². The lowest BCUT2D eigenvalue weighted by Gasteiger charge is -2.07. The fourth-order valence-electron chi connectivity index (χ4n) is 1.58. The fraction of sp³-hybridized carbons (Fsp3) is 0.500. The molecule has 2 aromatic heterocycles. The van der Waals surface area contributed by atoms with E-state index in [-0.39, 0.29) is 0 Å². The van der Waals surface area contributed by atoms with Crippen LogP contribution in [0.4, 0.5) is 5.95 Å². The Morgan fingerprint density at radius 1 is 1.29 bits per heavy atom. The van der Waals surface area contributed by atoms with Crippen molar-refractivity contribution in [2.24, 2.45) is 5.92 Å². The Morgan fingerprint density at radius 2 is 2.00 bits per heavy atom. The number of aromatic nitrogens is 2. The van der Waals surface area contributed by atoms with Crippen LogP contribution in [0.1, 0.15) is 24.3 Å². The highest BCUT2D eigenvalue weighted by molar-refractivity contribution is 7.18. The van der Waals surface area contributed by atoms with Crippen molar-refractivity contribution in [2.75, 3.05) is 11.9 Å². The van der Waals surface area contributed by atoms with Gasteiger partial charge in [0.15, 0.2) is 0 Å². The molecule has 0 fully saturated rings. The lowest BCUT2D eigenvalue weighted by atomic mass is 10.2. The normalized spacial score (nSPS) is 11.4. The van der Waals surface area contributed by atoms with E-state index in [2.05, 4.69) is 43.0 Å². The predicted molar refractivity (Wildman–Crippen MR) is 75.2 cm³/mol. The molecule has 0 aliphatic heterocycles. The summed E-state index contributed by atoms with van der Waals surface area (Å²) in [4.78, 5) is 11.0. The summed E-state index contributed by atoms with van der Waals surface area (Å²) in [5.41, 5.74) is 1.19. The van der Waals surface area contributed by atoms with Gasteiger partial charge in [-0.3, -0.25) is 0 Å². The van der Waals surface area contributed by atoms with Crippen molar-refractivity contribution < 1.29 is 0 Å². The summed E-state index contributed by atoms with van der Waals surface area (Å²) in [6, 6.07) is 0. The van der Waals surface area contributed by atoms with Crippen LogP contribution in [-0.4, -0.2) is 16.5 Å². The summed E-state index contributed by atoms with van der Waals surface area (Å²) in [7, 11) is 0. The van der Waals surface area contributed by atoms with E-state index in [9.17, 15) is 0 Å². The first kappa shape index (κ1) is 12.6. The molecule has 2 aromatic rings. The third-order valence-corrected chi connectivity index (χ3v) is 4.03. The SMILES string of the molecule is Cc1sc2nc(NCC(C)C)nc(Cl)c2c1C. The standard InChI is InChI=1S/C12H16ClN3S/c1-6(2)5-14-12-15-10(13)9-7(3)8(4)17-11(9)16-12/h6H,5H2,1-4H3,(H,14,15,16). The van der Waals surface area contributed by atoms with Gasteiger partial charge >= 0.3 is 0 Å². The maximum Gasteiger partial charge on any atom is 0.225 e. The van der Waals surface area contributed by atoms with Gasteiger partial charge in [-0.1, -0.05) is 25.4 Å². The number of rotatable bonds is 3. The smallest absolute Gasteiger partial charge is 0.225 e. The van der Waals surface area contributed by atoms with Gasteiger partial charge < -0.3 is 5.32 Å². The highest BCUT2D eigenvalue weighted by atomic mass is 35.5. The minimum Gasteiger partial charge on any atom is -0.354 e. The topological polar surface area (TPSA) is 37.8 Å². The maximum atomic E-state index is 6.21. The van der Waals surface area contributed by atoms with Gasteiger partial charge in [0.25, 0.3) is 0 Å². The van der Waals surface area contributed by atoms with Crippen molar-refractivity contribution in [1.29, 1.82) is 0 Å². The Morgan fingerprint density at radius 3 is 2.65 bits per heavy atom. The van der Waals surface area contributed by atoms with Gasteiger partial charge in [-0.25, -0.2) is 9.97 Å². The average molecular weight is 270 g/mol. The number of nitrogens with one attached hydrogen (secondary N) is 1. The molecule has 0 atom stereocenters. The maximum absolute atomic E-state index is 6.21. The third-order valence-electron chi connectivity index (χ3n) is 2.65. The van der Waals surface area contributed by atoms with Crippen LogP contribution in [0.2, 0.25) is 5.15 Å². The molecule has 2 heterocycles. The van der Waals surface area contributed by atoms with Crippen LogP contribution in [0.5, 0.6) is 0 Å². The Bertz CT molecular complexity index is 548. The molecular weight excluding hydrogens is 254 g/mol. The molecule has 0 amide bonds. The van der Waals surface area contributed by atoms with Crippen LogP contribution in [0.3, 0.4) is 0 Å². The summed E-state index contributed by atoms with van der Waals surface area (Å²) < 4.78 is 0. The van der Waals surface area contributed by atoms with Crippen LogP contribution in [-0.2, 0) is 0 Å². The lowest BCUT2D eigenvalue weighted by Crippen LogP contribution is -2.10. The second kappa shape index (κ2) is 4.78. The van der Waals surface area contributed by atoms with E-state index in [1.807, 2.05) is 0 Å². The molecule has 5 heteroatoms. The molecule has 0 spiro atoms. The second-order valence-corrected chi connectivity index (χ2v) is 6.14. The Balaban J connectivity index is 2.42. The van der Waals surface area contributed by atoms with Crippen LogP contribution in [0.15, 0.2) is 0 Å². The number of aryl methyl sites for hydroxylation is 2. The Labute approximate surface area is 110 Å². The average Bonchev–Trinajstić information content (AvgIpc) is 2.52. The lowest BCUT2D eigenvalue weighted by molar-refractivity contribution is 0.685. The summed E-state index contributed by atoms with van der Waals surface area (Å²) in [6.07, 6.45) is 0. The molecule has 2 rings (SSSR count). The van der Waals surface area contributed by atoms with Gasteiger partial charge in [0.2, 0.25) is 5.95 Å². The van der Waals surface area contributed by atoms with Crippen LogP contribution in [0.25, 0.3) is 10.2 Å². The Kier molecular flexibility index (Phi) is 3.54. The number of nitrogens with zero attached hydrogens (tertiary/aromatic N) is 2. The summed E-state index contributed by atoms with van der Waals surface area (Å²) in [6.45, 7) is 9.29. The van der Waals surface area contributed by atoms with Crippen LogP contribution >= 0.6 is 22.9 Å². The number of hydrogen-bond donors (Lipinski definition) is 1. The molecule has 0 bridgehead atoms. The van der Waals surface area contributed by atoms with Crippen molar-refractivity contribution in [1.82, 2.24) is 9.97 Å². The monoisotopic (exact) mass is 269 g/mol. The van der Waals surface area contributed by atoms with Crippen LogP contribution < -0.4 is 5.32 Å². The molecule has 0 unspecified atom stereocenters. The number of fused-ring (bicyclic) bond motifs is 1. The molecule has 0 saturated heterocycles. The van der Waals surface area contributed by atoms with Crippen molar-refractivity contribution in [3.63, 3.8) is 0 Å². The first-order chi connectivity index (χ1) is 7.99. The highest BCUT2D eigenvalue weighted by Gasteiger charge is 2.12. The largest absolute Gasteiger partial charge is 0.354 e. The quantitative estimate of drug-likeness (QED) is 0.855. The minimum absolute atomic E-state index is 0.545. The molecule has 0 aliphatic rings. The van der Waals surface area contributed by atoms with E-state index in [1.54, 1.807) is 11.3 Å². The van der Waals surface area contributed by atoms with Crippen LogP contribution in [0, 0.1) is 19.8 Å². The van der Waals surface area contributed by atoms with E-state index in [0.29, 0.717) is 17.0 Å². The summed E-state index contributed by atoms with van der Waals surface area (Å²) in [5.74, 6) is 1.18. The van der Waals surface area contributed by atoms with Crippen molar-refractivity contribution in [3.8, 4) is 0 Å². The van der Waals surface area contributed by atoms with Gasteiger partial charge in [0.1, 0.15) is 9.98 Å². The first-order valence-corrected chi connectivity index (χ1v) is 6.85. The summed E-state index contributed by atoms with van der Waals surface area (Å²) in [5, 5.41) is 4.74.